The SMILES string of the molecule is C=CCCC(CC(=O)O)NC(=O)OCC1c2ccccc2-c2ccccc21. The molecular formula is C22H23NO4. The largest absolute Gasteiger partial charge is 0.481 e. The van der Waals surface area contributed by atoms with Crippen molar-refractivity contribution in [1.29, 1.82) is 0 Å². The lowest BCUT2D eigenvalue weighted by molar-refractivity contribution is -0.137. The van der Waals surface area contributed by atoms with E-state index in [1.165, 1.54) is 0 Å². The summed E-state index contributed by atoms with van der Waals surface area (Å²) in [5, 5.41) is 11.7. The second-order valence-electron chi connectivity index (χ2n) is 6.63. The van der Waals surface area contributed by atoms with Gasteiger partial charge in [0.05, 0.1) is 6.42 Å². The average molecular weight is 365 g/mol. The highest BCUT2D eigenvalue weighted by Crippen LogP contribution is 2.44. The standard InChI is InChI=1S/C22H23NO4/c1-2-3-8-15(13-21(24)25)23-22(26)27-14-20-18-11-6-4-9-16(18)17-10-5-7-12-19(17)20/h2,4-7,9-12,15,20H,1,3,8,13-14H2,(H,23,26)(H,24,25). The molecule has 3 rings (SSSR count). The smallest absolute Gasteiger partial charge is 0.407 e. The predicted octanol–water partition coefficient (Wildman–Crippen LogP) is 4.33. The Bertz CT molecular complexity index is 800. The van der Waals surface area contributed by atoms with Gasteiger partial charge < -0.3 is 15.2 Å². The average Bonchev–Trinajstić information content (AvgIpc) is 2.98. The monoisotopic (exact) mass is 365 g/mol. The van der Waals surface area contributed by atoms with E-state index in [4.69, 9.17) is 9.84 Å². The molecule has 140 valence electrons. The van der Waals surface area contributed by atoms with Crippen LogP contribution < -0.4 is 5.32 Å². The van der Waals surface area contributed by atoms with Crippen molar-refractivity contribution < 1.29 is 19.4 Å². The van der Waals surface area contributed by atoms with Gasteiger partial charge in [-0.15, -0.1) is 6.58 Å². The van der Waals surface area contributed by atoms with Crippen LogP contribution in [0.15, 0.2) is 61.2 Å². The predicted molar refractivity (Wildman–Crippen MR) is 104 cm³/mol. The lowest BCUT2D eigenvalue weighted by Gasteiger charge is -2.18. The maximum absolute atomic E-state index is 12.2. The number of carboxylic acids is 1. The van der Waals surface area contributed by atoms with E-state index in [-0.39, 0.29) is 18.9 Å². The second-order valence-corrected chi connectivity index (χ2v) is 6.63. The van der Waals surface area contributed by atoms with Crippen molar-refractivity contribution in [2.45, 2.75) is 31.2 Å². The molecule has 5 nitrogen and oxygen atoms in total. The molecule has 0 spiro atoms. The first-order valence-corrected chi connectivity index (χ1v) is 9.04. The molecule has 0 bridgehead atoms. The maximum Gasteiger partial charge on any atom is 0.407 e. The Balaban J connectivity index is 1.66. The van der Waals surface area contributed by atoms with Crippen LogP contribution in [0.4, 0.5) is 4.79 Å². The fraction of sp³-hybridized carbons (Fsp3) is 0.273. The van der Waals surface area contributed by atoms with Gasteiger partial charge in [-0.1, -0.05) is 54.6 Å². The number of fused-ring (bicyclic) bond motifs is 3. The molecule has 0 heterocycles. The Morgan fingerprint density at radius 2 is 1.70 bits per heavy atom. The Labute approximate surface area is 158 Å². The number of nitrogens with one attached hydrogen (secondary N) is 1. The number of amides is 1. The third-order valence-corrected chi connectivity index (χ3v) is 4.81. The molecule has 1 amide bonds. The molecule has 2 aromatic rings. The van der Waals surface area contributed by atoms with Crippen molar-refractivity contribution in [2.75, 3.05) is 6.61 Å². The number of benzene rings is 2. The van der Waals surface area contributed by atoms with Crippen LogP contribution in [0.2, 0.25) is 0 Å². The van der Waals surface area contributed by atoms with Gasteiger partial charge in [0, 0.05) is 12.0 Å². The molecule has 5 heteroatoms. The zero-order valence-corrected chi connectivity index (χ0v) is 15.1. The van der Waals surface area contributed by atoms with Gasteiger partial charge in [-0.3, -0.25) is 4.79 Å². The zero-order valence-electron chi connectivity index (χ0n) is 15.1. The number of aliphatic carboxylic acids is 1. The van der Waals surface area contributed by atoms with E-state index in [9.17, 15) is 9.59 Å². The summed E-state index contributed by atoms with van der Waals surface area (Å²) in [7, 11) is 0. The quantitative estimate of drug-likeness (QED) is 0.683. The summed E-state index contributed by atoms with van der Waals surface area (Å²) in [6.45, 7) is 3.84. The van der Waals surface area contributed by atoms with Gasteiger partial charge in [-0.25, -0.2) is 4.79 Å². The third-order valence-electron chi connectivity index (χ3n) is 4.81. The van der Waals surface area contributed by atoms with E-state index < -0.39 is 18.1 Å². The molecule has 0 aromatic heterocycles. The molecular weight excluding hydrogens is 342 g/mol. The Morgan fingerprint density at radius 1 is 1.11 bits per heavy atom. The molecule has 1 aliphatic rings. The molecule has 0 saturated heterocycles. The van der Waals surface area contributed by atoms with Crippen molar-refractivity contribution in [1.82, 2.24) is 5.32 Å². The van der Waals surface area contributed by atoms with Crippen molar-refractivity contribution in [2.24, 2.45) is 0 Å². The summed E-state index contributed by atoms with van der Waals surface area (Å²) >= 11 is 0. The number of ether oxygens (including phenoxy) is 1. The van der Waals surface area contributed by atoms with Crippen LogP contribution in [0.5, 0.6) is 0 Å². The number of carbonyl (C=O) groups excluding carboxylic acids is 1. The van der Waals surface area contributed by atoms with Crippen molar-refractivity contribution >= 4 is 12.1 Å². The van der Waals surface area contributed by atoms with Crippen molar-refractivity contribution in [3.63, 3.8) is 0 Å². The number of allylic oxidation sites excluding steroid dienone is 1. The van der Waals surface area contributed by atoms with E-state index in [1.54, 1.807) is 6.08 Å². The van der Waals surface area contributed by atoms with Crippen molar-refractivity contribution in [3.05, 3.63) is 72.3 Å². The zero-order chi connectivity index (χ0) is 19.2. The minimum Gasteiger partial charge on any atom is -0.481 e. The molecule has 0 saturated carbocycles. The van der Waals surface area contributed by atoms with Gasteiger partial charge in [0.1, 0.15) is 6.61 Å². The number of hydrogen-bond acceptors (Lipinski definition) is 3. The lowest BCUT2D eigenvalue weighted by Crippen LogP contribution is -2.37. The maximum atomic E-state index is 12.2. The minimum absolute atomic E-state index is 0.0192. The molecule has 27 heavy (non-hydrogen) atoms. The molecule has 1 unspecified atom stereocenters. The Morgan fingerprint density at radius 3 is 2.26 bits per heavy atom. The normalized spacial score (nSPS) is 13.3. The van der Waals surface area contributed by atoms with Crippen LogP contribution in [0.25, 0.3) is 11.1 Å². The van der Waals surface area contributed by atoms with E-state index in [0.29, 0.717) is 12.8 Å². The highest BCUT2D eigenvalue weighted by Gasteiger charge is 2.29. The van der Waals surface area contributed by atoms with E-state index >= 15 is 0 Å². The lowest BCUT2D eigenvalue weighted by atomic mass is 9.98. The van der Waals surface area contributed by atoms with Crippen LogP contribution in [0, 0.1) is 0 Å². The number of rotatable bonds is 8. The molecule has 0 fully saturated rings. The second kappa shape index (κ2) is 8.54. The summed E-state index contributed by atoms with van der Waals surface area (Å²) < 4.78 is 5.46. The van der Waals surface area contributed by atoms with Crippen LogP contribution in [0.1, 0.15) is 36.3 Å². The van der Waals surface area contributed by atoms with Gasteiger partial charge in [0.2, 0.25) is 0 Å². The van der Waals surface area contributed by atoms with E-state index in [2.05, 4.69) is 36.2 Å². The van der Waals surface area contributed by atoms with Crippen molar-refractivity contribution in [3.8, 4) is 11.1 Å². The Kier molecular flexibility index (Phi) is 5.91. The first-order chi connectivity index (χ1) is 13.1. The Hall–Kier alpha value is -3.08. The summed E-state index contributed by atoms with van der Waals surface area (Å²) in [5.41, 5.74) is 4.61. The van der Waals surface area contributed by atoms with Gasteiger partial charge in [0.25, 0.3) is 0 Å². The number of alkyl carbamates (subject to hydrolysis) is 1. The fourth-order valence-corrected chi connectivity index (χ4v) is 3.56. The molecule has 1 atom stereocenters. The summed E-state index contributed by atoms with van der Waals surface area (Å²) in [5.74, 6) is -0.975. The molecule has 1 aliphatic carbocycles. The number of carboxylic acid groups (broad SMARTS) is 1. The molecule has 2 N–H and O–H groups in total. The number of carbonyl (C=O) groups is 2. The third kappa shape index (κ3) is 4.37. The van der Waals surface area contributed by atoms with Gasteiger partial charge in [-0.2, -0.15) is 0 Å². The van der Waals surface area contributed by atoms with Crippen LogP contribution in [-0.2, 0) is 9.53 Å². The molecule has 0 aliphatic heterocycles. The summed E-state index contributed by atoms with van der Waals surface area (Å²) in [6.07, 6.45) is 2.11. The fourth-order valence-electron chi connectivity index (χ4n) is 3.56. The number of hydrogen-bond donors (Lipinski definition) is 2. The van der Waals surface area contributed by atoms with Gasteiger partial charge in [-0.05, 0) is 35.1 Å². The van der Waals surface area contributed by atoms with Crippen LogP contribution in [-0.4, -0.2) is 29.8 Å². The minimum atomic E-state index is -0.956. The summed E-state index contributed by atoms with van der Waals surface area (Å²) in [4.78, 5) is 23.2. The van der Waals surface area contributed by atoms with Gasteiger partial charge in [0.15, 0.2) is 0 Å². The van der Waals surface area contributed by atoms with Crippen LogP contribution in [0.3, 0.4) is 0 Å². The molecule has 0 radical (unpaired) electrons. The first kappa shape index (κ1) is 18.7. The highest BCUT2D eigenvalue weighted by molar-refractivity contribution is 5.79. The van der Waals surface area contributed by atoms with E-state index in [1.807, 2.05) is 24.3 Å². The first-order valence-electron chi connectivity index (χ1n) is 9.04. The topological polar surface area (TPSA) is 75.6 Å². The van der Waals surface area contributed by atoms with Gasteiger partial charge >= 0.3 is 12.1 Å². The van der Waals surface area contributed by atoms with Crippen LogP contribution >= 0.6 is 0 Å². The molecule has 2 aromatic carbocycles. The highest BCUT2D eigenvalue weighted by atomic mass is 16.5. The van der Waals surface area contributed by atoms with E-state index in [0.717, 1.165) is 22.3 Å². The summed E-state index contributed by atoms with van der Waals surface area (Å²) in [6, 6.07) is 15.8.